The monoisotopic (exact) mass is 181 g/mol. The van der Waals surface area contributed by atoms with Gasteiger partial charge in [0, 0.05) is 4.90 Å². The third kappa shape index (κ3) is 2.58. The van der Waals surface area contributed by atoms with Gasteiger partial charge in [0.1, 0.15) is 0 Å². The molecule has 0 aliphatic rings. The number of carbonyl (C=O) groups excluding carboxylic acids is 1. The molecule has 0 aliphatic heterocycles. The van der Waals surface area contributed by atoms with Crippen LogP contribution in [0.5, 0.6) is 0 Å². The summed E-state index contributed by atoms with van der Waals surface area (Å²) in [6, 6.07) is 7.83. The lowest BCUT2D eigenvalue weighted by Crippen LogP contribution is -2.01. The summed E-state index contributed by atoms with van der Waals surface area (Å²) in [5.41, 5.74) is 6.29. The predicted molar refractivity (Wildman–Crippen MR) is 51.3 cm³/mol. The lowest BCUT2D eigenvalue weighted by Gasteiger charge is -1.98. The second-order valence-electron chi connectivity index (χ2n) is 2.42. The van der Waals surface area contributed by atoms with Crippen LogP contribution in [0.2, 0.25) is 0 Å². The molecular weight excluding hydrogens is 170 g/mol. The van der Waals surface area contributed by atoms with Crippen LogP contribution in [0.1, 0.15) is 12.5 Å². The molecule has 0 aromatic heterocycles. The van der Waals surface area contributed by atoms with Gasteiger partial charge in [0.2, 0.25) is 0 Å². The van der Waals surface area contributed by atoms with Crippen LogP contribution in [0.25, 0.3) is 0 Å². The van der Waals surface area contributed by atoms with Gasteiger partial charge in [-0.05, 0) is 35.9 Å². The second-order valence-corrected chi connectivity index (χ2v) is 3.50. The molecule has 1 aromatic rings. The molecule has 0 saturated carbocycles. The highest BCUT2D eigenvalue weighted by atomic mass is 32.2. The van der Waals surface area contributed by atoms with Crippen molar-refractivity contribution in [1.29, 1.82) is 0 Å². The van der Waals surface area contributed by atoms with Gasteiger partial charge < -0.3 is 5.73 Å². The van der Waals surface area contributed by atoms with Gasteiger partial charge in [-0.25, -0.2) is 0 Å². The van der Waals surface area contributed by atoms with Gasteiger partial charge in [-0.3, -0.25) is 4.79 Å². The SMILES string of the molecule is CCc1ccc(SC(N)=O)cc1. The normalized spacial score (nSPS) is 9.75. The van der Waals surface area contributed by atoms with Crippen LogP contribution in [-0.4, -0.2) is 5.24 Å². The van der Waals surface area contributed by atoms with E-state index in [0.29, 0.717) is 0 Å². The van der Waals surface area contributed by atoms with Crippen LogP contribution in [0.15, 0.2) is 29.2 Å². The van der Waals surface area contributed by atoms with Crippen LogP contribution in [0, 0.1) is 0 Å². The Hall–Kier alpha value is -0.960. The average molecular weight is 181 g/mol. The molecule has 0 aliphatic carbocycles. The van der Waals surface area contributed by atoms with Crippen molar-refractivity contribution in [2.75, 3.05) is 0 Å². The molecule has 64 valence electrons. The first-order chi connectivity index (χ1) is 5.72. The number of aryl methyl sites for hydroxylation is 1. The molecule has 0 fully saturated rings. The Bertz CT molecular complexity index is 268. The Kier molecular flexibility index (Phi) is 3.17. The van der Waals surface area contributed by atoms with Crippen molar-refractivity contribution < 1.29 is 4.79 Å². The third-order valence-corrected chi connectivity index (χ3v) is 2.26. The average Bonchev–Trinajstić information content (AvgIpc) is 2.05. The topological polar surface area (TPSA) is 43.1 Å². The van der Waals surface area contributed by atoms with Gasteiger partial charge in [-0.2, -0.15) is 0 Å². The maximum absolute atomic E-state index is 10.5. The van der Waals surface area contributed by atoms with Crippen LogP contribution in [0.3, 0.4) is 0 Å². The highest BCUT2D eigenvalue weighted by Crippen LogP contribution is 2.17. The lowest BCUT2D eigenvalue weighted by molar-refractivity contribution is 0.267. The first-order valence-corrected chi connectivity index (χ1v) is 4.60. The van der Waals surface area contributed by atoms with E-state index in [2.05, 4.69) is 6.92 Å². The van der Waals surface area contributed by atoms with E-state index in [1.807, 2.05) is 24.3 Å². The lowest BCUT2D eigenvalue weighted by atomic mass is 10.2. The summed E-state index contributed by atoms with van der Waals surface area (Å²) in [5.74, 6) is 0. The highest BCUT2D eigenvalue weighted by Gasteiger charge is 1.97. The second kappa shape index (κ2) is 4.16. The Labute approximate surface area is 76.2 Å². The van der Waals surface area contributed by atoms with Gasteiger partial charge in [0.25, 0.3) is 5.24 Å². The summed E-state index contributed by atoms with van der Waals surface area (Å²) in [5, 5.41) is -0.362. The number of rotatable bonds is 2. The van der Waals surface area contributed by atoms with E-state index in [9.17, 15) is 4.79 Å². The largest absolute Gasteiger partial charge is 0.360 e. The third-order valence-electron chi connectivity index (χ3n) is 1.55. The highest BCUT2D eigenvalue weighted by molar-refractivity contribution is 8.13. The van der Waals surface area contributed by atoms with Gasteiger partial charge in [0.05, 0.1) is 0 Å². The summed E-state index contributed by atoms with van der Waals surface area (Å²) >= 11 is 1.06. The molecule has 2 N–H and O–H groups in total. The predicted octanol–water partition coefficient (Wildman–Crippen LogP) is 2.42. The maximum Gasteiger partial charge on any atom is 0.281 e. The Morgan fingerprint density at radius 2 is 2.00 bits per heavy atom. The first kappa shape index (κ1) is 9.13. The minimum absolute atomic E-state index is 0.362. The fourth-order valence-electron chi connectivity index (χ4n) is 0.909. The summed E-state index contributed by atoms with van der Waals surface area (Å²) in [4.78, 5) is 11.4. The summed E-state index contributed by atoms with van der Waals surface area (Å²) < 4.78 is 0. The number of benzene rings is 1. The maximum atomic E-state index is 10.5. The molecule has 1 rings (SSSR count). The van der Waals surface area contributed by atoms with Crippen LogP contribution in [0.4, 0.5) is 4.79 Å². The number of amides is 1. The Morgan fingerprint density at radius 1 is 1.42 bits per heavy atom. The van der Waals surface area contributed by atoms with E-state index >= 15 is 0 Å². The molecule has 0 radical (unpaired) electrons. The molecule has 1 amide bonds. The standard InChI is InChI=1S/C9H11NOS/c1-2-7-3-5-8(6-4-7)12-9(10)11/h3-6H,2H2,1H3,(H2,10,11). The van der Waals surface area contributed by atoms with E-state index in [1.54, 1.807) is 0 Å². The van der Waals surface area contributed by atoms with E-state index in [1.165, 1.54) is 5.56 Å². The van der Waals surface area contributed by atoms with Crippen molar-refractivity contribution >= 4 is 17.0 Å². The fraction of sp³-hybridized carbons (Fsp3) is 0.222. The van der Waals surface area contributed by atoms with Gasteiger partial charge in [-0.15, -0.1) is 0 Å². The molecular formula is C9H11NOS. The molecule has 2 nitrogen and oxygen atoms in total. The van der Waals surface area contributed by atoms with Crippen molar-refractivity contribution in [2.45, 2.75) is 18.2 Å². The molecule has 0 bridgehead atoms. The van der Waals surface area contributed by atoms with Crippen molar-refractivity contribution in [3.63, 3.8) is 0 Å². The van der Waals surface area contributed by atoms with Gasteiger partial charge in [-0.1, -0.05) is 19.1 Å². The first-order valence-electron chi connectivity index (χ1n) is 3.78. The summed E-state index contributed by atoms with van der Waals surface area (Å²) in [7, 11) is 0. The Morgan fingerprint density at radius 3 is 2.42 bits per heavy atom. The zero-order valence-corrected chi connectivity index (χ0v) is 7.73. The molecule has 3 heteroatoms. The minimum Gasteiger partial charge on any atom is -0.360 e. The number of thioether (sulfide) groups is 1. The summed E-state index contributed by atoms with van der Waals surface area (Å²) in [6.07, 6.45) is 1.02. The fourth-order valence-corrected chi connectivity index (χ4v) is 1.41. The molecule has 1 aromatic carbocycles. The number of hydrogen-bond acceptors (Lipinski definition) is 2. The molecule has 0 atom stereocenters. The molecule has 12 heavy (non-hydrogen) atoms. The van der Waals surface area contributed by atoms with Crippen molar-refractivity contribution in [3.05, 3.63) is 29.8 Å². The van der Waals surface area contributed by atoms with Gasteiger partial charge in [0.15, 0.2) is 0 Å². The van der Waals surface area contributed by atoms with E-state index < -0.39 is 0 Å². The van der Waals surface area contributed by atoms with Crippen LogP contribution in [-0.2, 0) is 6.42 Å². The van der Waals surface area contributed by atoms with E-state index in [4.69, 9.17) is 5.73 Å². The molecule has 0 saturated heterocycles. The number of primary amides is 1. The quantitative estimate of drug-likeness (QED) is 0.712. The van der Waals surface area contributed by atoms with Crippen molar-refractivity contribution in [1.82, 2.24) is 0 Å². The van der Waals surface area contributed by atoms with Crippen molar-refractivity contribution in [3.8, 4) is 0 Å². The van der Waals surface area contributed by atoms with Crippen molar-refractivity contribution in [2.24, 2.45) is 5.73 Å². The van der Waals surface area contributed by atoms with Gasteiger partial charge >= 0.3 is 0 Å². The summed E-state index contributed by atoms with van der Waals surface area (Å²) in [6.45, 7) is 2.09. The van der Waals surface area contributed by atoms with E-state index in [-0.39, 0.29) is 5.24 Å². The number of carbonyl (C=O) groups is 1. The zero-order valence-electron chi connectivity index (χ0n) is 6.91. The van der Waals surface area contributed by atoms with Crippen LogP contribution < -0.4 is 5.73 Å². The Balaban J connectivity index is 2.71. The molecule has 0 spiro atoms. The molecule has 0 heterocycles. The minimum atomic E-state index is -0.362. The number of hydrogen-bond donors (Lipinski definition) is 1. The zero-order chi connectivity index (χ0) is 8.97. The van der Waals surface area contributed by atoms with Crippen LogP contribution >= 0.6 is 11.8 Å². The van der Waals surface area contributed by atoms with E-state index in [0.717, 1.165) is 23.1 Å². The smallest absolute Gasteiger partial charge is 0.281 e. The number of nitrogens with two attached hydrogens (primary N) is 1. The molecule has 0 unspecified atom stereocenters.